The van der Waals surface area contributed by atoms with E-state index < -0.39 is 0 Å². The van der Waals surface area contributed by atoms with Gasteiger partial charge in [0.15, 0.2) is 0 Å². The summed E-state index contributed by atoms with van der Waals surface area (Å²) in [6.07, 6.45) is 4.84. The predicted molar refractivity (Wildman–Crippen MR) is 28.6 cm³/mol. The van der Waals surface area contributed by atoms with Gasteiger partial charge in [0.2, 0.25) is 0 Å². The van der Waals surface area contributed by atoms with Crippen molar-refractivity contribution in [1.29, 1.82) is 0 Å². The third-order valence-corrected chi connectivity index (χ3v) is 1.03. The minimum atomic E-state index is 0.852. The molecule has 0 amide bonds. The van der Waals surface area contributed by atoms with Crippen LogP contribution in [-0.2, 0) is 0 Å². The molecule has 2 rings (SSSR count). The zero-order chi connectivity index (χ0) is 6.10. The molecule has 0 aliphatic rings. The molecular formula is C4H3N5. The largest absolute Gasteiger partial charge is 0.242 e. The lowest BCUT2D eigenvalue weighted by atomic mass is 10.6. The van der Waals surface area contributed by atoms with E-state index in [0.29, 0.717) is 0 Å². The fourth-order valence-corrected chi connectivity index (χ4v) is 0.617. The van der Waals surface area contributed by atoms with Crippen molar-refractivity contribution in [3.63, 3.8) is 0 Å². The van der Waals surface area contributed by atoms with Crippen LogP contribution in [0.3, 0.4) is 0 Å². The molecule has 2 aromatic heterocycles. The van der Waals surface area contributed by atoms with E-state index in [-0.39, 0.29) is 0 Å². The molecule has 0 atom stereocenters. The summed E-state index contributed by atoms with van der Waals surface area (Å²) in [6.45, 7) is 0. The Bertz CT molecular complexity index is 283. The molecule has 0 N–H and O–H groups in total. The number of fused-ring (bicyclic) bond motifs is 1. The Labute approximate surface area is 50.3 Å². The third kappa shape index (κ3) is 0.543. The Morgan fingerprint density at radius 2 is 2.33 bits per heavy atom. The van der Waals surface area contributed by atoms with Crippen LogP contribution in [0.25, 0.3) is 5.52 Å². The average molecular weight is 121 g/mol. The molecule has 0 saturated carbocycles. The van der Waals surface area contributed by atoms with Crippen LogP contribution in [-0.4, -0.2) is 25.0 Å². The monoisotopic (exact) mass is 121 g/mol. The smallest absolute Gasteiger partial charge is 0.119 e. The van der Waals surface area contributed by atoms with E-state index in [0.717, 1.165) is 5.52 Å². The summed E-state index contributed by atoms with van der Waals surface area (Å²) < 4.78 is 1.55. The van der Waals surface area contributed by atoms with Crippen molar-refractivity contribution in [3.8, 4) is 0 Å². The van der Waals surface area contributed by atoms with Crippen molar-refractivity contribution in [3.05, 3.63) is 18.7 Å². The highest BCUT2D eigenvalue weighted by molar-refractivity contribution is 5.38. The van der Waals surface area contributed by atoms with Crippen LogP contribution in [0, 0.1) is 0 Å². The predicted octanol–water partition coefficient (Wildman–Crippen LogP) is -0.481. The zero-order valence-electron chi connectivity index (χ0n) is 4.47. The second-order valence-corrected chi connectivity index (χ2v) is 1.59. The van der Waals surface area contributed by atoms with Crippen molar-refractivity contribution in [2.75, 3.05) is 0 Å². The number of aromatic nitrogens is 5. The molecule has 5 heteroatoms. The lowest BCUT2D eigenvalue weighted by Gasteiger charge is -1.82. The lowest BCUT2D eigenvalue weighted by Crippen LogP contribution is -1.93. The van der Waals surface area contributed by atoms with Crippen LogP contribution in [0.4, 0.5) is 0 Å². The second kappa shape index (κ2) is 1.48. The van der Waals surface area contributed by atoms with E-state index in [1.54, 1.807) is 23.2 Å². The lowest BCUT2D eigenvalue weighted by molar-refractivity contribution is 0.726. The van der Waals surface area contributed by atoms with Gasteiger partial charge in [-0.3, -0.25) is 0 Å². The van der Waals surface area contributed by atoms with E-state index in [1.807, 2.05) is 0 Å². The summed E-state index contributed by atoms with van der Waals surface area (Å²) in [5.41, 5.74) is 0.852. The summed E-state index contributed by atoms with van der Waals surface area (Å²) in [5.74, 6) is 0. The second-order valence-electron chi connectivity index (χ2n) is 1.59. The first-order valence-corrected chi connectivity index (χ1v) is 2.43. The van der Waals surface area contributed by atoms with Gasteiger partial charge in [0, 0.05) is 0 Å². The van der Waals surface area contributed by atoms with Gasteiger partial charge in [0.25, 0.3) is 0 Å². The molecular weight excluding hydrogens is 118 g/mol. The quantitative estimate of drug-likeness (QED) is 0.472. The fraction of sp³-hybridized carbons (Fsp3) is 0. The average Bonchev–Trinajstić information content (AvgIpc) is 2.33. The van der Waals surface area contributed by atoms with Crippen LogP contribution < -0.4 is 0 Å². The van der Waals surface area contributed by atoms with Crippen LogP contribution >= 0.6 is 0 Å². The van der Waals surface area contributed by atoms with Crippen LogP contribution in [0.1, 0.15) is 0 Å². The van der Waals surface area contributed by atoms with Gasteiger partial charge in [-0.25, -0.2) is 4.98 Å². The molecule has 0 aliphatic carbocycles. The topological polar surface area (TPSA) is 56.0 Å². The zero-order valence-corrected chi connectivity index (χ0v) is 4.47. The van der Waals surface area contributed by atoms with E-state index in [2.05, 4.69) is 20.5 Å². The van der Waals surface area contributed by atoms with Crippen molar-refractivity contribution >= 4 is 5.52 Å². The molecule has 0 aromatic carbocycles. The maximum atomic E-state index is 3.82. The number of hydrogen-bond acceptors (Lipinski definition) is 4. The van der Waals surface area contributed by atoms with Gasteiger partial charge < -0.3 is 0 Å². The van der Waals surface area contributed by atoms with Gasteiger partial charge in [0.1, 0.15) is 11.8 Å². The Morgan fingerprint density at radius 1 is 1.33 bits per heavy atom. The van der Waals surface area contributed by atoms with Gasteiger partial charge in [-0.2, -0.15) is 4.52 Å². The Hall–Kier alpha value is -1.52. The first-order valence-electron chi connectivity index (χ1n) is 2.43. The normalized spacial score (nSPS) is 10.2. The van der Waals surface area contributed by atoms with Gasteiger partial charge in [0.05, 0.1) is 12.4 Å². The molecule has 0 unspecified atom stereocenters. The molecule has 44 valence electrons. The number of nitrogens with zero attached hydrogens (tertiary/aromatic N) is 5. The van der Waals surface area contributed by atoms with E-state index in [4.69, 9.17) is 0 Å². The Morgan fingerprint density at radius 3 is 3.22 bits per heavy atom. The molecule has 0 spiro atoms. The van der Waals surface area contributed by atoms with Gasteiger partial charge in [-0.1, -0.05) is 0 Å². The first kappa shape index (κ1) is 4.37. The number of imidazole rings is 1. The highest BCUT2D eigenvalue weighted by Gasteiger charge is 1.88. The minimum absolute atomic E-state index is 0.852. The summed E-state index contributed by atoms with van der Waals surface area (Å²) in [4.78, 5) is 3.82. The molecule has 0 aliphatic heterocycles. The molecule has 0 bridgehead atoms. The highest BCUT2D eigenvalue weighted by atomic mass is 15.5. The van der Waals surface area contributed by atoms with Crippen LogP contribution in [0.5, 0.6) is 0 Å². The molecule has 5 nitrogen and oxygen atoms in total. The molecule has 0 saturated heterocycles. The number of rotatable bonds is 0. The molecule has 0 radical (unpaired) electrons. The molecule has 2 heterocycles. The van der Waals surface area contributed by atoms with Crippen molar-refractivity contribution in [1.82, 2.24) is 25.0 Å². The van der Waals surface area contributed by atoms with E-state index >= 15 is 0 Å². The SMILES string of the molecule is c1ncn2nnncc12. The van der Waals surface area contributed by atoms with Crippen molar-refractivity contribution in [2.24, 2.45) is 0 Å². The summed E-state index contributed by atoms with van der Waals surface area (Å²) in [6, 6.07) is 0. The van der Waals surface area contributed by atoms with Crippen LogP contribution in [0.2, 0.25) is 0 Å². The highest BCUT2D eigenvalue weighted by Crippen LogP contribution is 1.91. The summed E-state index contributed by atoms with van der Waals surface area (Å²) in [7, 11) is 0. The standard InChI is InChI=1S/C4H3N5/c1-4-2-6-7-8-9(4)3-5-1/h1-3H. The van der Waals surface area contributed by atoms with E-state index in [9.17, 15) is 0 Å². The van der Waals surface area contributed by atoms with Crippen molar-refractivity contribution in [2.45, 2.75) is 0 Å². The molecule has 2 aromatic rings. The summed E-state index contributed by atoms with van der Waals surface area (Å²) in [5, 5.41) is 10.6. The minimum Gasteiger partial charge on any atom is -0.242 e. The van der Waals surface area contributed by atoms with E-state index in [1.165, 1.54) is 0 Å². The van der Waals surface area contributed by atoms with Crippen molar-refractivity contribution < 1.29 is 0 Å². The Kier molecular flexibility index (Phi) is 0.717. The summed E-state index contributed by atoms with van der Waals surface area (Å²) >= 11 is 0. The van der Waals surface area contributed by atoms with Crippen LogP contribution in [0.15, 0.2) is 18.7 Å². The Balaban J connectivity index is 2.95. The molecule has 9 heavy (non-hydrogen) atoms. The van der Waals surface area contributed by atoms with Gasteiger partial charge in [-0.05, 0) is 10.4 Å². The van der Waals surface area contributed by atoms with Gasteiger partial charge in [-0.15, -0.1) is 5.10 Å². The fourth-order valence-electron chi connectivity index (χ4n) is 0.617. The maximum absolute atomic E-state index is 3.82. The first-order chi connectivity index (χ1) is 4.47. The number of hydrogen-bond donors (Lipinski definition) is 0. The maximum Gasteiger partial charge on any atom is 0.119 e. The van der Waals surface area contributed by atoms with Gasteiger partial charge >= 0.3 is 0 Å². The molecule has 0 fully saturated rings. The third-order valence-electron chi connectivity index (χ3n) is 1.03.